The Balaban J connectivity index is 1.71. The topological polar surface area (TPSA) is 110 Å². The molecule has 0 aromatic heterocycles. The van der Waals surface area contributed by atoms with Crippen LogP contribution in [0.15, 0.2) is 0 Å². The first kappa shape index (κ1) is 22.6. The van der Waals surface area contributed by atoms with Gasteiger partial charge in [0.25, 0.3) is 5.91 Å². The van der Waals surface area contributed by atoms with Crippen molar-refractivity contribution in [3.05, 3.63) is 0 Å². The van der Waals surface area contributed by atoms with Gasteiger partial charge in [-0.25, -0.2) is 12.7 Å². The smallest absolute Gasteiger partial charge is 0.309 e. The van der Waals surface area contributed by atoms with Crippen LogP contribution in [0.25, 0.3) is 0 Å². The number of ether oxygens (including phenoxy) is 2. The van der Waals surface area contributed by atoms with Crippen LogP contribution in [0.2, 0.25) is 0 Å². The minimum atomic E-state index is -3.24. The van der Waals surface area contributed by atoms with Gasteiger partial charge in [0.2, 0.25) is 10.0 Å². The van der Waals surface area contributed by atoms with Crippen LogP contribution in [0, 0.1) is 11.8 Å². The highest BCUT2D eigenvalue weighted by molar-refractivity contribution is 7.89. The summed E-state index contributed by atoms with van der Waals surface area (Å²) in [7, 11) is -3.24. The fraction of sp³-hybridized carbons (Fsp3) is 0.833. The highest BCUT2D eigenvalue weighted by Gasteiger charge is 2.32. The van der Waals surface area contributed by atoms with Gasteiger partial charge in [-0.15, -0.1) is 0 Å². The molecule has 0 N–H and O–H groups in total. The van der Waals surface area contributed by atoms with Gasteiger partial charge in [0.1, 0.15) is 0 Å². The van der Waals surface area contributed by atoms with E-state index in [4.69, 9.17) is 9.47 Å². The molecule has 0 aromatic rings. The molecule has 0 unspecified atom stereocenters. The number of sulfonamides is 1. The normalized spacial score (nSPS) is 20.0. The third kappa shape index (κ3) is 5.91. The maximum atomic E-state index is 12.3. The van der Waals surface area contributed by atoms with Crippen molar-refractivity contribution in [3.63, 3.8) is 0 Å². The van der Waals surface area contributed by atoms with Gasteiger partial charge in [-0.05, 0) is 39.5 Å². The van der Waals surface area contributed by atoms with Crippen molar-refractivity contribution >= 4 is 27.9 Å². The van der Waals surface area contributed by atoms with Crippen molar-refractivity contribution < 1.29 is 32.3 Å². The van der Waals surface area contributed by atoms with Crippen LogP contribution in [-0.4, -0.2) is 80.6 Å². The Morgan fingerprint density at radius 3 is 1.86 bits per heavy atom. The second kappa shape index (κ2) is 10.2. The van der Waals surface area contributed by atoms with E-state index in [9.17, 15) is 22.8 Å². The molecule has 0 spiro atoms. The van der Waals surface area contributed by atoms with Gasteiger partial charge in [0.05, 0.1) is 24.2 Å². The first-order valence-electron chi connectivity index (χ1n) is 9.87. The summed E-state index contributed by atoms with van der Waals surface area (Å²) in [6.45, 7) is 4.85. The Hall–Kier alpha value is -1.68. The molecular weight excluding hydrogens is 388 g/mol. The Labute approximate surface area is 166 Å². The monoisotopic (exact) mass is 418 g/mol. The van der Waals surface area contributed by atoms with E-state index in [0.29, 0.717) is 58.5 Å². The molecule has 2 aliphatic heterocycles. The summed E-state index contributed by atoms with van der Waals surface area (Å²) in [6.07, 6.45) is 1.89. The summed E-state index contributed by atoms with van der Waals surface area (Å²) >= 11 is 0. The van der Waals surface area contributed by atoms with E-state index < -0.39 is 16.0 Å². The molecule has 2 aliphatic rings. The zero-order chi connectivity index (χ0) is 20.7. The first-order chi connectivity index (χ1) is 13.3. The van der Waals surface area contributed by atoms with Gasteiger partial charge in [-0.3, -0.25) is 14.4 Å². The lowest BCUT2D eigenvalue weighted by molar-refractivity contribution is -0.158. The van der Waals surface area contributed by atoms with E-state index in [2.05, 4.69) is 0 Å². The molecule has 1 amide bonds. The van der Waals surface area contributed by atoms with Gasteiger partial charge in [-0.2, -0.15) is 0 Å². The third-order valence-electron chi connectivity index (χ3n) is 5.35. The second-order valence-electron chi connectivity index (χ2n) is 7.09. The molecule has 0 aromatic carbocycles. The van der Waals surface area contributed by atoms with E-state index in [1.807, 2.05) is 0 Å². The summed E-state index contributed by atoms with van der Waals surface area (Å²) in [5, 5.41) is 0. The number of hydrogen-bond donors (Lipinski definition) is 0. The number of piperidine rings is 2. The van der Waals surface area contributed by atoms with Crippen molar-refractivity contribution in [2.24, 2.45) is 11.8 Å². The average molecular weight is 419 g/mol. The quantitative estimate of drug-likeness (QED) is 0.550. The van der Waals surface area contributed by atoms with Crippen LogP contribution in [0.4, 0.5) is 0 Å². The Kier molecular flexibility index (Phi) is 8.23. The molecule has 160 valence electrons. The third-order valence-corrected chi connectivity index (χ3v) is 7.23. The van der Waals surface area contributed by atoms with Crippen LogP contribution >= 0.6 is 0 Å². The number of carbonyl (C=O) groups is 3. The molecule has 2 rings (SSSR count). The van der Waals surface area contributed by atoms with E-state index in [-0.39, 0.29) is 36.1 Å². The van der Waals surface area contributed by atoms with Crippen molar-refractivity contribution in [3.8, 4) is 0 Å². The van der Waals surface area contributed by atoms with Crippen LogP contribution in [-0.2, 0) is 33.9 Å². The summed E-state index contributed by atoms with van der Waals surface area (Å²) in [4.78, 5) is 37.8. The molecule has 0 bridgehead atoms. The van der Waals surface area contributed by atoms with E-state index >= 15 is 0 Å². The number of esters is 2. The molecule has 28 heavy (non-hydrogen) atoms. The second-order valence-corrected chi connectivity index (χ2v) is 9.35. The summed E-state index contributed by atoms with van der Waals surface area (Å²) in [5.41, 5.74) is 0. The molecule has 2 heterocycles. The predicted octanol–water partition coefficient (Wildman–Crippen LogP) is 0.393. The average Bonchev–Trinajstić information content (AvgIpc) is 2.72. The number of nitrogens with zero attached hydrogens (tertiary/aromatic N) is 2. The lowest BCUT2D eigenvalue weighted by atomic mass is 9.97. The fourth-order valence-corrected chi connectivity index (χ4v) is 4.65. The molecule has 0 saturated carbocycles. The zero-order valence-electron chi connectivity index (χ0n) is 16.6. The lowest BCUT2D eigenvalue weighted by Crippen LogP contribution is -2.43. The van der Waals surface area contributed by atoms with Gasteiger partial charge in [0.15, 0.2) is 6.61 Å². The Morgan fingerprint density at radius 1 is 0.857 bits per heavy atom. The number of carbonyl (C=O) groups excluding carboxylic acids is 3. The summed E-state index contributed by atoms with van der Waals surface area (Å²) < 4.78 is 35.3. The van der Waals surface area contributed by atoms with Crippen LogP contribution < -0.4 is 0 Å². The van der Waals surface area contributed by atoms with E-state index in [0.717, 1.165) is 0 Å². The number of likely N-dealkylation sites (tertiary alicyclic amines) is 1. The summed E-state index contributed by atoms with van der Waals surface area (Å²) in [5.74, 6) is -1.48. The summed E-state index contributed by atoms with van der Waals surface area (Å²) in [6, 6.07) is 0. The van der Waals surface area contributed by atoms with Crippen LogP contribution in [0.1, 0.15) is 39.5 Å². The van der Waals surface area contributed by atoms with Crippen molar-refractivity contribution in [1.82, 2.24) is 9.21 Å². The molecular formula is C18H30N2O7S. The van der Waals surface area contributed by atoms with Gasteiger partial charge in [0, 0.05) is 26.2 Å². The highest BCUT2D eigenvalue weighted by Crippen LogP contribution is 2.22. The molecule has 9 nitrogen and oxygen atoms in total. The Morgan fingerprint density at radius 2 is 1.36 bits per heavy atom. The zero-order valence-corrected chi connectivity index (χ0v) is 17.4. The number of rotatable bonds is 7. The number of amides is 1. The molecule has 2 saturated heterocycles. The molecule has 0 aliphatic carbocycles. The van der Waals surface area contributed by atoms with Gasteiger partial charge < -0.3 is 14.4 Å². The largest absolute Gasteiger partial charge is 0.466 e. The standard InChI is InChI=1S/C18H30N2O7S/c1-3-26-17(22)14-5-9-19(10-6-14)16(21)13-27-18(23)15-7-11-20(12-8-15)28(24,25)4-2/h14-15H,3-13H2,1-2H3. The van der Waals surface area contributed by atoms with E-state index in [1.54, 1.807) is 18.7 Å². The SMILES string of the molecule is CCOC(=O)C1CCN(C(=O)COC(=O)C2CCN(S(=O)(=O)CC)CC2)CC1. The lowest BCUT2D eigenvalue weighted by Gasteiger charge is -2.31. The first-order valence-corrected chi connectivity index (χ1v) is 11.5. The van der Waals surface area contributed by atoms with Crippen LogP contribution in [0.3, 0.4) is 0 Å². The van der Waals surface area contributed by atoms with Crippen LogP contribution in [0.5, 0.6) is 0 Å². The Bertz CT molecular complexity index is 663. The minimum absolute atomic E-state index is 0.0451. The molecule has 0 radical (unpaired) electrons. The number of hydrogen-bond acceptors (Lipinski definition) is 7. The van der Waals surface area contributed by atoms with Gasteiger partial charge in [-0.1, -0.05) is 0 Å². The van der Waals surface area contributed by atoms with Crippen molar-refractivity contribution in [2.75, 3.05) is 45.1 Å². The predicted molar refractivity (Wildman–Crippen MR) is 101 cm³/mol. The molecule has 0 atom stereocenters. The maximum absolute atomic E-state index is 12.3. The van der Waals surface area contributed by atoms with E-state index in [1.165, 1.54) is 4.31 Å². The fourth-order valence-electron chi connectivity index (χ4n) is 3.52. The molecule has 10 heteroatoms. The highest BCUT2D eigenvalue weighted by atomic mass is 32.2. The van der Waals surface area contributed by atoms with Gasteiger partial charge >= 0.3 is 11.9 Å². The molecule has 2 fully saturated rings. The maximum Gasteiger partial charge on any atom is 0.309 e. The minimum Gasteiger partial charge on any atom is -0.466 e. The van der Waals surface area contributed by atoms with Crippen molar-refractivity contribution in [2.45, 2.75) is 39.5 Å². The van der Waals surface area contributed by atoms with Crippen molar-refractivity contribution in [1.29, 1.82) is 0 Å².